The SMILES string of the molecule is F.F.F.F.F.F.F.F.O=C(O)OC(=O)OC(=O)OC(=O)O. The molecular formula is C4H10F8O9. The molecule has 0 fully saturated rings. The number of carbonyl (C=O) groups excluding carboxylic acids is 2. The number of carbonyl (C=O) groups is 4. The largest absolute Gasteiger partial charge is 0.528 e. The summed E-state index contributed by atoms with van der Waals surface area (Å²) < 4.78 is 9.92. The van der Waals surface area contributed by atoms with Crippen LogP contribution in [-0.2, 0) is 14.2 Å². The maximum atomic E-state index is 10.1. The highest BCUT2D eigenvalue weighted by molar-refractivity contribution is 5.86. The van der Waals surface area contributed by atoms with E-state index in [0.717, 1.165) is 0 Å². The zero-order valence-corrected chi connectivity index (χ0v) is 9.02. The molecule has 0 atom stereocenters. The first-order valence-electron chi connectivity index (χ1n) is 2.49. The molecule has 0 heterocycles. The maximum Gasteiger partial charge on any atom is 0.528 e. The Morgan fingerprint density at radius 3 is 0.810 bits per heavy atom. The van der Waals surface area contributed by atoms with Crippen molar-refractivity contribution in [1.82, 2.24) is 0 Å². The van der Waals surface area contributed by atoms with Gasteiger partial charge in [-0.3, -0.25) is 37.6 Å². The van der Waals surface area contributed by atoms with E-state index in [1.165, 1.54) is 0 Å². The number of hydrogen-bond donors (Lipinski definition) is 2. The van der Waals surface area contributed by atoms with Gasteiger partial charge in [-0.15, -0.1) is 0 Å². The van der Waals surface area contributed by atoms with Crippen molar-refractivity contribution in [2.45, 2.75) is 0 Å². The molecule has 9 nitrogen and oxygen atoms in total. The lowest BCUT2D eigenvalue weighted by Gasteiger charge is -1.97. The highest BCUT2D eigenvalue weighted by Crippen LogP contribution is 1.91. The Bertz CT molecular complexity index is 246. The van der Waals surface area contributed by atoms with E-state index in [4.69, 9.17) is 10.2 Å². The number of halogens is 8. The first-order valence-corrected chi connectivity index (χ1v) is 2.49. The smallest absolute Gasteiger partial charge is 0.449 e. The molecule has 0 aliphatic heterocycles. The Morgan fingerprint density at radius 2 is 0.667 bits per heavy atom. The van der Waals surface area contributed by atoms with Gasteiger partial charge in [-0.25, -0.2) is 19.2 Å². The average molecular weight is 354 g/mol. The van der Waals surface area contributed by atoms with Gasteiger partial charge in [0, 0.05) is 0 Å². The van der Waals surface area contributed by atoms with Crippen LogP contribution in [0, 0.1) is 0 Å². The first kappa shape index (κ1) is 63.9. The van der Waals surface area contributed by atoms with E-state index >= 15 is 0 Å². The summed E-state index contributed by atoms with van der Waals surface area (Å²) in [6, 6.07) is 0. The van der Waals surface area contributed by atoms with Crippen LogP contribution in [0.3, 0.4) is 0 Å². The lowest BCUT2D eigenvalue weighted by atomic mass is 11.2. The van der Waals surface area contributed by atoms with Crippen molar-refractivity contribution in [2.24, 2.45) is 0 Å². The second kappa shape index (κ2) is 30.3. The zero-order chi connectivity index (χ0) is 10.4. The molecule has 0 bridgehead atoms. The second-order valence-electron chi connectivity index (χ2n) is 1.34. The number of hydrogen-bond acceptors (Lipinski definition) is 7. The molecule has 0 radical (unpaired) electrons. The molecule has 0 saturated carbocycles. The lowest BCUT2D eigenvalue weighted by Crippen LogP contribution is -2.19. The zero-order valence-electron chi connectivity index (χ0n) is 9.02. The predicted octanol–water partition coefficient (Wildman–Crippen LogP) is 1.85. The normalized spacial score (nSPS) is 5.14. The summed E-state index contributed by atoms with van der Waals surface area (Å²) in [5.41, 5.74) is 0. The van der Waals surface area contributed by atoms with E-state index in [0.29, 0.717) is 0 Å². The Morgan fingerprint density at radius 1 is 0.476 bits per heavy atom. The summed E-state index contributed by atoms with van der Waals surface area (Å²) in [5, 5.41) is 15.6. The van der Waals surface area contributed by atoms with Crippen LogP contribution in [0.4, 0.5) is 56.8 Å². The van der Waals surface area contributed by atoms with Crippen LogP contribution in [0.5, 0.6) is 0 Å². The molecule has 21 heavy (non-hydrogen) atoms. The van der Waals surface area contributed by atoms with Crippen LogP contribution >= 0.6 is 0 Å². The van der Waals surface area contributed by atoms with E-state index in [2.05, 4.69) is 14.2 Å². The van der Waals surface area contributed by atoms with Crippen LogP contribution in [0.25, 0.3) is 0 Å². The molecule has 0 spiro atoms. The van der Waals surface area contributed by atoms with Gasteiger partial charge in [-0.05, 0) is 0 Å². The van der Waals surface area contributed by atoms with Crippen molar-refractivity contribution in [3.05, 3.63) is 0 Å². The van der Waals surface area contributed by atoms with Crippen molar-refractivity contribution in [3.8, 4) is 0 Å². The topological polar surface area (TPSA) is 136 Å². The lowest BCUT2D eigenvalue weighted by molar-refractivity contribution is 0.0415. The quantitative estimate of drug-likeness (QED) is 0.379. The Hall–Kier alpha value is -2.88. The summed E-state index contributed by atoms with van der Waals surface area (Å²) in [5.74, 6) is 0. The fraction of sp³-hybridized carbons (Fsp3) is 0. The van der Waals surface area contributed by atoms with E-state index in [-0.39, 0.29) is 37.6 Å². The third-order valence-corrected chi connectivity index (χ3v) is 0.508. The Labute approximate surface area is 107 Å². The molecule has 0 aromatic rings. The molecule has 0 saturated heterocycles. The average Bonchev–Trinajstić information content (AvgIpc) is 1.80. The van der Waals surface area contributed by atoms with Crippen molar-refractivity contribution in [3.63, 3.8) is 0 Å². The first-order chi connectivity index (χ1) is 5.91. The van der Waals surface area contributed by atoms with E-state index < -0.39 is 24.6 Å². The third kappa shape index (κ3) is 47.1. The van der Waals surface area contributed by atoms with Crippen molar-refractivity contribution < 1.29 is 81.2 Å². The van der Waals surface area contributed by atoms with Gasteiger partial charge >= 0.3 is 24.6 Å². The Kier molecular flexibility index (Phi) is 92.1. The van der Waals surface area contributed by atoms with Crippen molar-refractivity contribution >= 4 is 24.6 Å². The molecule has 0 rings (SSSR count). The number of rotatable bonds is 0. The van der Waals surface area contributed by atoms with Gasteiger partial charge in [-0.1, -0.05) is 0 Å². The Balaban J connectivity index is -0.0000000257. The molecule has 0 aromatic carbocycles. The highest BCUT2D eigenvalue weighted by atomic mass is 19.0. The maximum absolute atomic E-state index is 10.1. The van der Waals surface area contributed by atoms with Crippen LogP contribution in [-0.4, -0.2) is 34.8 Å². The van der Waals surface area contributed by atoms with E-state index in [9.17, 15) is 19.2 Å². The predicted molar refractivity (Wildman–Crippen MR) is 50.1 cm³/mol. The molecule has 0 unspecified atom stereocenters. The second-order valence-corrected chi connectivity index (χ2v) is 1.34. The molecule has 2 N–H and O–H groups in total. The molecule has 0 aromatic heterocycles. The van der Waals surface area contributed by atoms with Gasteiger partial charge in [0.2, 0.25) is 0 Å². The molecule has 136 valence electrons. The summed E-state index contributed by atoms with van der Waals surface area (Å²) in [4.78, 5) is 39.5. The molecule has 0 aliphatic rings. The summed E-state index contributed by atoms with van der Waals surface area (Å²) in [7, 11) is 0. The summed E-state index contributed by atoms with van der Waals surface area (Å²) in [6.45, 7) is 0. The van der Waals surface area contributed by atoms with Gasteiger partial charge in [0.15, 0.2) is 0 Å². The van der Waals surface area contributed by atoms with Crippen molar-refractivity contribution in [1.29, 1.82) is 0 Å². The van der Waals surface area contributed by atoms with E-state index in [1.54, 1.807) is 0 Å². The van der Waals surface area contributed by atoms with Crippen LogP contribution in [0.15, 0.2) is 0 Å². The summed E-state index contributed by atoms with van der Waals surface area (Å²) in [6.07, 6.45) is -7.82. The van der Waals surface area contributed by atoms with Gasteiger partial charge in [0.25, 0.3) is 0 Å². The monoisotopic (exact) mass is 354 g/mol. The minimum Gasteiger partial charge on any atom is -0.449 e. The molecule has 0 aliphatic carbocycles. The third-order valence-electron chi connectivity index (χ3n) is 0.508. The standard InChI is InChI=1S/C4H2O9.8FH/c5-1(6)11-3(9)13-4(10)12-2(7)8;;;;;;;;/h(H,5,6)(H,7,8);8*1H. The van der Waals surface area contributed by atoms with Crippen molar-refractivity contribution in [2.75, 3.05) is 0 Å². The van der Waals surface area contributed by atoms with E-state index in [1.807, 2.05) is 0 Å². The summed E-state index contributed by atoms with van der Waals surface area (Å²) >= 11 is 0. The molecule has 0 amide bonds. The minimum absolute atomic E-state index is 0. The minimum atomic E-state index is -2.01. The van der Waals surface area contributed by atoms with Crippen LogP contribution in [0.2, 0.25) is 0 Å². The van der Waals surface area contributed by atoms with Gasteiger partial charge in [-0.2, -0.15) is 0 Å². The fourth-order valence-corrected chi connectivity index (χ4v) is 0.252. The van der Waals surface area contributed by atoms with Gasteiger partial charge < -0.3 is 24.4 Å². The van der Waals surface area contributed by atoms with Crippen LogP contribution < -0.4 is 0 Å². The van der Waals surface area contributed by atoms with Gasteiger partial charge in [0.05, 0.1) is 0 Å². The highest BCUT2D eigenvalue weighted by Gasteiger charge is 2.18. The molecule has 17 heteroatoms. The molecular weight excluding hydrogens is 344 g/mol. The van der Waals surface area contributed by atoms with Crippen LogP contribution in [0.1, 0.15) is 0 Å². The fourth-order valence-electron chi connectivity index (χ4n) is 0.252. The van der Waals surface area contributed by atoms with Gasteiger partial charge in [0.1, 0.15) is 0 Å². The number of ether oxygens (including phenoxy) is 3. The number of carboxylic acid groups (broad SMARTS) is 2.